The molecule has 0 atom stereocenters. The first-order valence-corrected chi connectivity index (χ1v) is 8.48. The van der Waals surface area contributed by atoms with E-state index >= 15 is 0 Å². The van der Waals surface area contributed by atoms with Crippen LogP contribution in [0.4, 0.5) is 5.69 Å². The summed E-state index contributed by atoms with van der Waals surface area (Å²) in [5.41, 5.74) is 3.69. The molecule has 0 spiro atoms. The normalized spacial score (nSPS) is 10.7. The first-order chi connectivity index (χ1) is 11.8. The van der Waals surface area contributed by atoms with Crippen LogP contribution in [0.3, 0.4) is 0 Å². The number of thiophene rings is 1. The molecule has 4 rings (SSSR count). The van der Waals surface area contributed by atoms with Gasteiger partial charge in [0.2, 0.25) is 0 Å². The minimum absolute atomic E-state index is 0.0907. The van der Waals surface area contributed by atoms with Crippen molar-refractivity contribution in [3.8, 4) is 11.1 Å². The van der Waals surface area contributed by atoms with Crippen LogP contribution in [0.5, 0.6) is 0 Å². The lowest BCUT2D eigenvalue weighted by molar-refractivity contribution is 0.103. The van der Waals surface area contributed by atoms with Gasteiger partial charge in [-0.3, -0.25) is 9.78 Å². The molecule has 4 aromatic rings. The Morgan fingerprint density at radius 1 is 0.958 bits per heavy atom. The van der Waals surface area contributed by atoms with Crippen LogP contribution in [0.1, 0.15) is 9.67 Å². The Bertz CT molecular complexity index is 1010. The maximum Gasteiger partial charge on any atom is 0.266 e. The molecule has 3 nitrogen and oxygen atoms in total. The standard InChI is InChI=1S/C20H14N2OS/c23-20(19-17(10-12-24-19)14-5-2-1-3-6-14)22-16-8-9-18-15(13-16)7-4-11-21-18/h1-13H,(H,22,23). The molecule has 0 aliphatic carbocycles. The molecule has 0 fully saturated rings. The van der Waals surface area contributed by atoms with E-state index in [1.807, 2.05) is 72.1 Å². The number of fused-ring (bicyclic) bond motifs is 1. The molecular weight excluding hydrogens is 316 g/mol. The second kappa shape index (κ2) is 6.26. The van der Waals surface area contributed by atoms with Crippen molar-refractivity contribution in [2.24, 2.45) is 0 Å². The molecule has 1 amide bonds. The molecule has 0 saturated carbocycles. The van der Waals surface area contributed by atoms with Crippen LogP contribution in [0, 0.1) is 0 Å². The van der Waals surface area contributed by atoms with Crippen molar-refractivity contribution >= 4 is 33.8 Å². The molecule has 0 aliphatic rings. The van der Waals surface area contributed by atoms with Gasteiger partial charge in [-0.2, -0.15) is 0 Å². The van der Waals surface area contributed by atoms with Crippen LogP contribution in [0.15, 0.2) is 78.3 Å². The van der Waals surface area contributed by atoms with Gasteiger partial charge in [0.05, 0.1) is 10.4 Å². The zero-order valence-electron chi connectivity index (χ0n) is 12.8. The van der Waals surface area contributed by atoms with Gasteiger partial charge in [-0.05, 0) is 41.3 Å². The quantitative estimate of drug-likeness (QED) is 0.560. The number of rotatable bonds is 3. The number of aromatic nitrogens is 1. The molecule has 0 unspecified atom stereocenters. The Balaban J connectivity index is 1.64. The maximum atomic E-state index is 12.7. The molecule has 24 heavy (non-hydrogen) atoms. The van der Waals surface area contributed by atoms with Gasteiger partial charge >= 0.3 is 0 Å². The lowest BCUT2D eigenvalue weighted by Gasteiger charge is -2.07. The summed E-state index contributed by atoms with van der Waals surface area (Å²) in [5, 5.41) is 5.94. The van der Waals surface area contributed by atoms with Crippen molar-refractivity contribution in [2.45, 2.75) is 0 Å². The molecule has 0 saturated heterocycles. The molecule has 1 N–H and O–H groups in total. The number of hydrogen-bond donors (Lipinski definition) is 1. The molecule has 2 heterocycles. The summed E-state index contributed by atoms with van der Waals surface area (Å²) < 4.78 is 0. The first kappa shape index (κ1) is 14.6. The minimum atomic E-state index is -0.0907. The van der Waals surface area contributed by atoms with Gasteiger partial charge in [0.1, 0.15) is 0 Å². The Morgan fingerprint density at radius 2 is 1.83 bits per heavy atom. The Kier molecular flexibility index (Phi) is 3.81. The highest BCUT2D eigenvalue weighted by Gasteiger charge is 2.14. The Hall–Kier alpha value is -2.98. The van der Waals surface area contributed by atoms with Gasteiger partial charge in [0.15, 0.2) is 0 Å². The van der Waals surface area contributed by atoms with Gasteiger partial charge < -0.3 is 5.32 Å². The number of nitrogens with zero attached hydrogens (tertiary/aromatic N) is 1. The molecular formula is C20H14N2OS. The SMILES string of the molecule is O=C(Nc1ccc2ncccc2c1)c1sccc1-c1ccccc1. The van der Waals surface area contributed by atoms with Crippen LogP contribution in [0.2, 0.25) is 0 Å². The van der Waals surface area contributed by atoms with E-state index in [1.54, 1.807) is 6.20 Å². The summed E-state index contributed by atoms with van der Waals surface area (Å²) >= 11 is 1.45. The van der Waals surface area contributed by atoms with E-state index in [4.69, 9.17) is 0 Å². The highest BCUT2D eigenvalue weighted by Crippen LogP contribution is 2.29. The smallest absolute Gasteiger partial charge is 0.266 e. The number of hydrogen-bond acceptors (Lipinski definition) is 3. The summed E-state index contributed by atoms with van der Waals surface area (Å²) in [5.74, 6) is -0.0907. The average molecular weight is 330 g/mol. The van der Waals surface area contributed by atoms with Crippen molar-refractivity contribution < 1.29 is 4.79 Å². The fourth-order valence-electron chi connectivity index (χ4n) is 2.67. The molecule has 2 aromatic carbocycles. The second-order valence-corrected chi connectivity index (χ2v) is 6.31. The van der Waals surface area contributed by atoms with Crippen LogP contribution in [-0.4, -0.2) is 10.9 Å². The third-order valence-corrected chi connectivity index (χ3v) is 4.73. The lowest BCUT2D eigenvalue weighted by Crippen LogP contribution is -2.11. The first-order valence-electron chi connectivity index (χ1n) is 7.60. The Labute approximate surface area is 143 Å². The summed E-state index contributed by atoms with van der Waals surface area (Å²) in [6.07, 6.45) is 1.76. The number of benzene rings is 2. The van der Waals surface area contributed by atoms with Gasteiger partial charge in [-0.25, -0.2) is 0 Å². The van der Waals surface area contributed by atoms with Crippen LogP contribution in [0.25, 0.3) is 22.0 Å². The number of anilines is 1. The largest absolute Gasteiger partial charge is 0.321 e. The summed E-state index contributed by atoms with van der Waals surface area (Å²) in [6.45, 7) is 0. The molecule has 4 heteroatoms. The van der Waals surface area contributed by atoms with E-state index in [0.717, 1.165) is 27.7 Å². The predicted octanol–water partition coefficient (Wildman–Crippen LogP) is 5.22. The van der Waals surface area contributed by atoms with Gasteiger partial charge in [-0.1, -0.05) is 36.4 Å². The van der Waals surface area contributed by atoms with Crippen molar-refractivity contribution in [2.75, 3.05) is 5.32 Å². The molecule has 0 bridgehead atoms. The molecule has 0 radical (unpaired) electrons. The third kappa shape index (κ3) is 2.79. The topological polar surface area (TPSA) is 42.0 Å². The van der Waals surface area contributed by atoms with Gasteiger partial charge in [0, 0.05) is 22.8 Å². The number of carbonyl (C=O) groups is 1. The average Bonchev–Trinajstić information content (AvgIpc) is 3.12. The van der Waals surface area contributed by atoms with Crippen LogP contribution >= 0.6 is 11.3 Å². The van der Waals surface area contributed by atoms with Crippen molar-refractivity contribution in [3.05, 3.63) is 83.2 Å². The summed E-state index contributed by atoms with van der Waals surface area (Å²) in [6, 6.07) is 21.5. The Morgan fingerprint density at radius 3 is 2.71 bits per heavy atom. The molecule has 2 aromatic heterocycles. The lowest BCUT2D eigenvalue weighted by atomic mass is 10.1. The van der Waals surface area contributed by atoms with E-state index in [2.05, 4.69) is 10.3 Å². The second-order valence-electron chi connectivity index (χ2n) is 5.39. The predicted molar refractivity (Wildman–Crippen MR) is 99.5 cm³/mol. The van der Waals surface area contributed by atoms with Crippen molar-refractivity contribution in [3.63, 3.8) is 0 Å². The van der Waals surface area contributed by atoms with Crippen molar-refractivity contribution in [1.82, 2.24) is 4.98 Å². The van der Waals surface area contributed by atoms with E-state index in [9.17, 15) is 4.79 Å². The van der Waals surface area contributed by atoms with Crippen LogP contribution < -0.4 is 5.32 Å². The molecule has 116 valence electrons. The van der Waals surface area contributed by atoms with Crippen molar-refractivity contribution in [1.29, 1.82) is 0 Å². The number of pyridine rings is 1. The third-order valence-electron chi connectivity index (χ3n) is 3.82. The van der Waals surface area contributed by atoms with Crippen LogP contribution in [-0.2, 0) is 0 Å². The fraction of sp³-hybridized carbons (Fsp3) is 0. The monoisotopic (exact) mass is 330 g/mol. The number of nitrogens with one attached hydrogen (secondary N) is 1. The zero-order chi connectivity index (χ0) is 16.4. The highest BCUT2D eigenvalue weighted by molar-refractivity contribution is 7.12. The number of amides is 1. The zero-order valence-corrected chi connectivity index (χ0v) is 13.6. The van der Waals surface area contributed by atoms with Gasteiger partial charge in [0.25, 0.3) is 5.91 Å². The molecule has 0 aliphatic heterocycles. The van der Waals surface area contributed by atoms with Gasteiger partial charge in [-0.15, -0.1) is 11.3 Å². The maximum absolute atomic E-state index is 12.7. The summed E-state index contributed by atoms with van der Waals surface area (Å²) in [4.78, 5) is 17.7. The number of carbonyl (C=O) groups excluding carboxylic acids is 1. The fourth-order valence-corrected chi connectivity index (χ4v) is 3.48. The summed E-state index contributed by atoms with van der Waals surface area (Å²) in [7, 11) is 0. The van der Waals surface area contributed by atoms with E-state index in [1.165, 1.54) is 11.3 Å². The van der Waals surface area contributed by atoms with E-state index in [0.29, 0.717) is 4.88 Å². The van der Waals surface area contributed by atoms with E-state index in [-0.39, 0.29) is 5.91 Å². The minimum Gasteiger partial charge on any atom is -0.321 e. The highest BCUT2D eigenvalue weighted by atomic mass is 32.1. The van der Waals surface area contributed by atoms with E-state index < -0.39 is 0 Å².